The van der Waals surface area contributed by atoms with E-state index in [4.69, 9.17) is 24.4 Å². The Bertz CT molecular complexity index is 3540. The SMILES string of the molecule is CC1(C)c2ccccc2-c2ccc(-c3nc(-c4cccc(-c5cccc(-c6nc7ccccc7c7c6oc6ccccc67)c5)c4)nc(-c4ccc5ccccc5c4)n3)cc21. The van der Waals surface area contributed by atoms with Gasteiger partial charge in [-0.1, -0.05) is 159 Å². The van der Waals surface area contributed by atoms with Gasteiger partial charge in [0.05, 0.1) is 5.52 Å². The molecule has 8 aromatic carbocycles. The zero-order chi connectivity index (χ0) is 40.0. The number of pyridine rings is 1. The molecule has 3 heterocycles. The molecule has 1 aliphatic carbocycles. The van der Waals surface area contributed by atoms with Gasteiger partial charge in [0.25, 0.3) is 0 Å². The lowest BCUT2D eigenvalue weighted by molar-refractivity contribution is 0.660. The molecule has 0 saturated carbocycles. The number of rotatable bonds is 5. The predicted octanol–water partition coefficient (Wildman–Crippen LogP) is 14.1. The molecule has 0 unspecified atom stereocenters. The minimum atomic E-state index is -0.152. The van der Waals surface area contributed by atoms with Gasteiger partial charge in [-0.05, 0) is 80.6 Å². The summed E-state index contributed by atoms with van der Waals surface area (Å²) < 4.78 is 6.55. The second-order valence-corrected chi connectivity index (χ2v) is 16.2. The normalized spacial score (nSPS) is 13.0. The average Bonchev–Trinajstić information content (AvgIpc) is 3.81. The van der Waals surface area contributed by atoms with Gasteiger partial charge in [-0.25, -0.2) is 19.9 Å². The summed E-state index contributed by atoms with van der Waals surface area (Å²) in [6.45, 7) is 4.60. The molecule has 12 rings (SSSR count). The molecule has 0 atom stereocenters. The lowest BCUT2D eigenvalue weighted by Crippen LogP contribution is -2.15. The summed E-state index contributed by atoms with van der Waals surface area (Å²) in [5.74, 6) is 1.89. The highest BCUT2D eigenvalue weighted by Gasteiger charge is 2.35. The van der Waals surface area contributed by atoms with Gasteiger partial charge in [0.1, 0.15) is 11.3 Å². The Hall–Kier alpha value is -7.76. The van der Waals surface area contributed by atoms with E-state index < -0.39 is 0 Å². The van der Waals surface area contributed by atoms with Gasteiger partial charge in [0.15, 0.2) is 23.1 Å². The fourth-order valence-electron chi connectivity index (χ4n) is 9.25. The number of aromatic nitrogens is 4. The lowest BCUT2D eigenvalue weighted by atomic mass is 9.82. The molecule has 282 valence electrons. The van der Waals surface area contributed by atoms with E-state index >= 15 is 0 Å². The highest BCUT2D eigenvalue weighted by atomic mass is 16.3. The first-order valence-corrected chi connectivity index (χ1v) is 20.4. The van der Waals surface area contributed by atoms with Crippen LogP contribution >= 0.6 is 0 Å². The van der Waals surface area contributed by atoms with Crippen LogP contribution in [-0.4, -0.2) is 19.9 Å². The van der Waals surface area contributed by atoms with Crippen LogP contribution in [0, 0.1) is 0 Å². The first-order valence-electron chi connectivity index (χ1n) is 20.4. The molecule has 0 N–H and O–H groups in total. The summed E-state index contributed by atoms with van der Waals surface area (Å²) in [7, 11) is 0. The largest absolute Gasteiger partial charge is 0.454 e. The summed E-state index contributed by atoms with van der Waals surface area (Å²) in [6.07, 6.45) is 0. The summed E-state index contributed by atoms with van der Waals surface area (Å²) >= 11 is 0. The van der Waals surface area contributed by atoms with Crippen molar-refractivity contribution in [2.75, 3.05) is 0 Å². The molecule has 0 fully saturated rings. The van der Waals surface area contributed by atoms with Crippen molar-refractivity contribution in [2.45, 2.75) is 19.3 Å². The molecule has 60 heavy (non-hydrogen) atoms. The van der Waals surface area contributed by atoms with Crippen molar-refractivity contribution in [3.63, 3.8) is 0 Å². The maximum Gasteiger partial charge on any atom is 0.164 e. The minimum absolute atomic E-state index is 0.152. The van der Waals surface area contributed by atoms with Crippen LogP contribution in [0.4, 0.5) is 0 Å². The van der Waals surface area contributed by atoms with E-state index in [-0.39, 0.29) is 5.41 Å². The second kappa shape index (κ2) is 13.1. The maximum absolute atomic E-state index is 6.55. The van der Waals surface area contributed by atoms with Crippen LogP contribution in [0.15, 0.2) is 186 Å². The maximum atomic E-state index is 6.55. The second-order valence-electron chi connectivity index (χ2n) is 16.2. The fourth-order valence-corrected chi connectivity index (χ4v) is 9.25. The zero-order valence-electron chi connectivity index (χ0n) is 33.0. The van der Waals surface area contributed by atoms with Crippen molar-refractivity contribution in [3.05, 3.63) is 193 Å². The Labute approximate surface area is 346 Å². The molecule has 5 heteroatoms. The fraction of sp³-hybridized carbons (Fsp3) is 0.0545. The first-order chi connectivity index (χ1) is 29.5. The third-order valence-electron chi connectivity index (χ3n) is 12.3. The van der Waals surface area contributed by atoms with Crippen molar-refractivity contribution in [2.24, 2.45) is 0 Å². The number of benzene rings is 8. The van der Waals surface area contributed by atoms with Crippen LogP contribution < -0.4 is 0 Å². The summed E-state index contributed by atoms with van der Waals surface area (Å²) in [5.41, 5.74) is 14.3. The molecule has 1 aliphatic rings. The Morgan fingerprint density at radius 3 is 1.80 bits per heavy atom. The van der Waals surface area contributed by atoms with Crippen LogP contribution in [0.1, 0.15) is 25.0 Å². The molecule has 0 saturated heterocycles. The molecule has 3 aromatic heterocycles. The Morgan fingerprint density at radius 1 is 0.400 bits per heavy atom. The minimum Gasteiger partial charge on any atom is -0.454 e. The quantitative estimate of drug-likeness (QED) is 0.174. The Morgan fingerprint density at radius 2 is 0.983 bits per heavy atom. The third-order valence-corrected chi connectivity index (χ3v) is 12.3. The number of hydrogen-bond acceptors (Lipinski definition) is 5. The predicted molar refractivity (Wildman–Crippen MR) is 245 cm³/mol. The highest BCUT2D eigenvalue weighted by molar-refractivity contribution is 6.20. The van der Waals surface area contributed by atoms with Crippen molar-refractivity contribution < 1.29 is 4.42 Å². The van der Waals surface area contributed by atoms with Crippen LogP contribution in [0.3, 0.4) is 0 Å². The van der Waals surface area contributed by atoms with E-state index in [9.17, 15) is 0 Å². The molecule has 11 aromatic rings. The summed E-state index contributed by atoms with van der Waals surface area (Å²) in [4.78, 5) is 20.8. The van der Waals surface area contributed by atoms with Crippen molar-refractivity contribution in [3.8, 4) is 67.7 Å². The standard InChI is InChI=1S/C55H36N4O/c1-55(2)45-22-8-5-19-41(45)42-28-27-40(32-46(42)55)54-58-52(57-53(59-54)39-26-25-33-13-3-4-14-34(33)30-39)38-18-12-16-36(31-38)35-15-11-17-37(29-35)50-51-49(43-20-6-9-23-47(43)56-50)44-21-7-10-24-48(44)60-51/h3-32H,1-2H3. The Kier molecular flexibility index (Phi) is 7.51. The van der Waals surface area contributed by atoms with E-state index in [1.165, 1.54) is 27.6 Å². The zero-order valence-corrected chi connectivity index (χ0v) is 33.0. The van der Waals surface area contributed by atoms with Gasteiger partial charge >= 0.3 is 0 Å². The molecule has 0 radical (unpaired) electrons. The van der Waals surface area contributed by atoms with Crippen LogP contribution in [0.5, 0.6) is 0 Å². The van der Waals surface area contributed by atoms with E-state index in [0.29, 0.717) is 17.5 Å². The molecule has 0 bridgehead atoms. The van der Waals surface area contributed by atoms with Crippen LogP contribution in [0.25, 0.3) is 111 Å². The summed E-state index contributed by atoms with van der Waals surface area (Å²) in [5, 5.41) is 5.57. The first kappa shape index (κ1) is 34.3. The van der Waals surface area contributed by atoms with E-state index in [1.807, 2.05) is 18.2 Å². The van der Waals surface area contributed by atoms with E-state index in [1.54, 1.807) is 0 Å². The van der Waals surface area contributed by atoms with E-state index in [0.717, 1.165) is 77.3 Å². The van der Waals surface area contributed by atoms with Crippen molar-refractivity contribution in [1.29, 1.82) is 0 Å². The van der Waals surface area contributed by atoms with Gasteiger partial charge < -0.3 is 4.42 Å². The topological polar surface area (TPSA) is 64.7 Å². The third kappa shape index (κ3) is 5.40. The van der Waals surface area contributed by atoms with Gasteiger partial charge in [0, 0.05) is 43.8 Å². The molecule has 0 amide bonds. The smallest absolute Gasteiger partial charge is 0.164 e. The lowest BCUT2D eigenvalue weighted by Gasteiger charge is -2.21. The molecule has 0 spiro atoms. The van der Waals surface area contributed by atoms with Gasteiger partial charge in [-0.15, -0.1) is 0 Å². The molecule has 0 aliphatic heterocycles. The molecular formula is C55H36N4O. The van der Waals surface area contributed by atoms with Crippen molar-refractivity contribution in [1.82, 2.24) is 19.9 Å². The number of fused-ring (bicyclic) bond motifs is 9. The molecule has 5 nitrogen and oxygen atoms in total. The van der Waals surface area contributed by atoms with Crippen molar-refractivity contribution >= 4 is 43.6 Å². The van der Waals surface area contributed by atoms with Gasteiger partial charge in [-0.3, -0.25) is 0 Å². The van der Waals surface area contributed by atoms with E-state index in [2.05, 4.69) is 178 Å². The van der Waals surface area contributed by atoms with Gasteiger partial charge in [-0.2, -0.15) is 0 Å². The number of furan rings is 1. The van der Waals surface area contributed by atoms with Gasteiger partial charge in [0.2, 0.25) is 0 Å². The number of nitrogens with zero attached hydrogens (tertiary/aromatic N) is 4. The number of hydrogen-bond donors (Lipinski definition) is 0. The highest BCUT2D eigenvalue weighted by Crippen LogP contribution is 2.49. The average molecular weight is 769 g/mol. The molecular weight excluding hydrogens is 733 g/mol. The van der Waals surface area contributed by atoms with Crippen LogP contribution in [-0.2, 0) is 5.41 Å². The Balaban J connectivity index is 0.993. The summed E-state index contributed by atoms with van der Waals surface area (Å²) in [6, 6.07) is 63.7. The monoisotopic (exact) mass is 768 g/mol. The number of para-hydroxylation sites is 2. The van der Waals surface area contributed by atoms with Crippen LogP contribution in [0.2, 0.25) is 0 Å².